The molecule has 4 atom stereocenters. The number of carbonyl (C=O) groups is 1. The van der Waals surface area contributed by atoms with Crippen LogP contribution in [0.3, 0.4) is 0 Å². The predicted molar refractivity (Wildman–Crippen MR) is 93.1 cm³/mol. The maximum absolute atomic E-state index is 11.7. The number of hydrogen-bond acceptors (Lipinski definition) is 9. The molecule has 0 unspecified atom stereocenters. The Labute approximate surface area is 153 Å². The van der Waals surface area contributed by atoms with Crippen LogP contribution < -0.4 is 11.1 Å². The van der Waals surface area contributed by atoms with Crippen LogP contribution in [0, 0.1) is 0 Å². The van der Waals surface area contributed by atoms with E-state index in [-0.39, 0.29) is 11.8 Å². The second-order valence-corrected chi connectivity index (χ2v) is 6.53. The highest BCUT2D eigenvalue weighted by Crippen LogP contribution is 2.30. The van der Waals surface area contributed by atoms with E-state index in [1.807, 2.05) is 30.5 Å². The molecule has 0 aliphatic carbocycles. The fraction of sp³-hybridized carbons (Fsp3) is 0.400. The first-order valence-corrected chi connectivity index (χ1v) is 8.97. The number of aliphatic hydroxyl groups excluding tert-OH is 3. The summed E-state index contributed by atoms with van der Waals surface area (Å²) < 4.78 is 6.38. The zero-order valence-electron chi connectivity index (χ0n) is 13.8. The lowest BCUT2D eigenvalue weighted by atomic mass is 10.1. The van der Waals surface area contributed by atoms with Gasteiger partial charge in [0.1, 0.15) is 18.3 Å². The van der Waals surface area contributed by atoms with Gasteiger partial charge in [0.2, 0.25) is 11.8 Å². The molecule has 1 aromatic heterocycles. The SMILES string of the molecule is CSc1ccc(Nc2nc(C(N)=O)n([C@@H]3O[C@H](CO)[C@@H](O)[C@H]3O)n2)cc1. The van der Waals surface area contributed by atoms with E-state index in [2.05, 4.69) is 15.4 Å². The maximum atomic E-state index is 11.7. The normalized spacial score (nSPS) is 25.4. The van der Waals surface area contributed by atoms with Crippen molar-refractivity contribution < 1.29 is 24.9 Å². The molecule has 11 heteroatoms. The smallest absolute Gasteiger partial charge is 0.286 e. The Balaban J connectivity index is 1.87. The van der Waals surface area contributed by atoms with Crippen molar-refractivity contribution >= 4 is 29.3 Å². The Morgan fingerprint density at radius 3 is 2.58 bits per heavy atom. The largest absolute Gasteiger partial charge is 0.394 e. The number of nitrogens with two attached hydrogens (primary N) is 1. The van der Waals surface area contributed by atoms with Crippen molar-refractivity contribution in [2.45, 2.75) is 29.4 Å². The van der Waals surface area contributed by atoms with Gasteiger partial charge in [-0.05, 0) is 30.5 Å². The molecule has 1 fully saturated rings. The molecule has 3 rings (SSSR count). The highest BCUT2D eigenvalue weighted by atomic mass is 32.2. The predicted octanol–water partition coefficient (Wildman–Crippen LogP) is -0.546. The number of thioether (sulfide) groups is 1. The van der Waals surface area contributed by atoms with Gasteiger partial charge in [0, 0.05) is 10.6 Å². The van der Waals surface area contributed by atoms with Crippen molar-refractivity contribution in [3.8, 4) is 0 Å². The molecule has 1 amide bonds. The van der Waals surface area contributed by atoms with Crippen LogP contribution in [-0.4, -0.2) is 67.2 Å². The third kappa shape index (κ3) is 3.52. The minimum absolute atomic E-state index is 0.0773. The molecule has 140 valence electrons. The summed E-state index contributed by atoms with van der Waals surface area (Å²) in [5.41, 5.74) is 6.02. The average molecular weight is 381 g/mol. The summed E-state index contributed by atoms with van der Waals surface area (Å²) in [6.07, 6.45) is -2.97. The van der Waals surface area contributed by atoms with Crippen molar-refractivity contribution in [1.82, 2.24) is 14.8 Å². The third-order valence-electron chi connectivity index (χ3n) is 3.96. The standard InChI is InChI=1S/C15H19N5O5S/c1-26-8-4-2-7(3-5-8)17-15-18-13(12(16)24)20(19-15)14-11(23)10(22)9(6-21)25-14/h2-5,9-11,14,21-23H,6H2,1H3,(H2,16,24)(H,17,19)/t9-,10-,11-,14-/m1/s1. The minimum Gasteiger partial charge on any atom is -0.394 e. The van der Waals surface area contributed by atoms with Gasteiger partial charge in [0.05, 0.1) is 6.61 Å². The van der Waals surface area contributed by atoms with Crippen LogP contribution in [0.2, 0.25) is 0 Å². The van der Waals surface area contributed by atoms with Gasteiger partial charge in [0.15, 0.2) is 6.23 Å². The molecule has 1 saturated heterocycles. The molecule has 2 heterocycles. The molecule has 26 heavy (non-hydrogen) atoms. The van der Waals surface area contributed by atoms with Crippen molar-refractivity contribution in [3.63, 3.8) is 0 Å². The third-order valence-corrected chi connectivity index (χ3v) is 4.70. The fourth-order valence-electron chi connectivity index (χ4n) is 2.61. The highest BCUT2D eigenvalue weighted by Gasteiger charge is 2.45. The van der Waals surface area contributed by atoms with Crippen LogP contribution in [-0.2, 0) is 4.74 Å². The maximum Gasteiger partial charge on any atom is 0.286 e. The van der Waals surface area contributed by atoms with Crippen LogP contribution >= 0.6 is 11.8 Å². The number of primary amides is 1. The summed E-state index contributed by atoms with van der Waals surface area (Å²) in [4.78, 5) is 16.8. The summed E-state index contributed by atoms with van der Waals surface area (Å²) in [6, 6.07) is 7.46. The number of carbonyl (C=O) groups excluding carboxylic acids is 1. The van der Waals surface area contributed by atoms with E-state index in [1.54, 1.807) is 11.8 Å². The van der Waals surface area contributed by atoms with Gasteiger partial charge in [-0.25, -0.2) is 4.68 Å². The second-order valence-electron chi connectivity index (χ2n) is 5.65. The number of aromatic nitrogens is 3. The van der Waals surface area contributed by atoms with Gasteiger partial charge >= 0.3 is 0 Å². The molecule has 1 aromatic carbocycles. The van der Waals surface area contributed by atoms with Gasteiger partial charge in [-0.15, -0.1) is 16.9 Å². The van der Waals surface area contributed by atoms with E-state index in [0.717, 1.165) is 9.58 Å². The molecule has 1 aliphatic rings. The van der Waals surface area contributed by atoms with Crippen LogP contribution in [0.25, 0.3) is 0 Å². The van der Waals surface area contributed by atoms with Crippen LogP contribution in [0.4, 0.5) is 11.6 Å². The van der Waals surface area contributed by atoms with Crippen LogP contribution in [0.1, 0.15) is 16.8 Å². The number of rotatable bonds is 6. The molecule has 6 N–H and O–H groups in total. The van der Waals surface area contributed by atoms with Crippen molar-refractivity contribution in [2.24, 2.45) is 5.73 Å². The van der Waals surface area contributed by atoms with Crippen LogP contribution in [0.5, 0.6) is 0 Å². The van der Waals surface area contributed by atoms with Crippen molar-refractivity contribution in [1.29, 1.82) is 0 Å². The first kappa shape index (κ1) is 18.6. The van der Waals surface area contributed by atoms with Crippen LogP contribution in [0.15, 0.2) is 29.2 Å². The molecule has 1 aliphatic heterocycles. The molecule has 2 aromatic rings. The lowest BCUT2D eigenvalue weighted by molar-refractivity contribution is -0.0594. The molecule has 0 bridgehead atoms. The summed E-state index contributed by atoms with van der Waals surface area (Å²) in [6.45, 7) is -0.498. The van der Waals surface area contributed by atoms with E-state index in [9.17, 15) is 20.1 Å². The Kier molecular flexibility index (Phi) is 5.44. The fourth-order valence-corrected chi connectivity index (χ4v) is 3.02. The topological polar surface area (TPSA) is 156 Å². The first-order chi connectivity index (χ1) is 12.4. The van der Waals surface area contributed by atoms with E-state index in [4.69, 9.17) is 10.5 Å². The number of aliphatic hydroxyl groups is 3. The number of ether oxygens (including phenoxy) is 1. The molecular formula is C15H19N5O5S. The van der Waals surface area contributed by atoms with Gasteiger partial charge < -0.3 is 31.1 Å². The molecule has 10 nitrogen and oxygen atoms in total. The Bertz CT molecular complexity index is 783. The summed E-state index contributed by atoms with van der Waals surface area (Å²) in [5.74, 6) is -1.04. The van der Waals surface area contributed by atoms with Crippen molar-refractivity contribution in [2.75, 3.05) is 18.2 Å². The summed E-state index contributed by atoms with van der Waals surface area (Å²) in [5, 5.41) is 36.3. The van der Waals surface area contributed by atoms with E-state index in [0.29, 0.717) is 5.69 Å². The van der Waals surface area contributed by atoms with Crippen molar-refractivity contribution in [3.05, 3.63) is 30.1 Å². The summed E-state index contributed by atoms with van der Waals surface area (Å²) >= 11 is 1.60. The highest BCUT2D eigenvalue weighted by molar-refractivity contribution is 7.98. The zero-order valence-corrected chi connectivity index (χ0v) is 14.6. The monoisotopic (exact) mass is 381 g/mol. The number of hydrogen-bond donors (Lipinski definition) is 5. The van der Waals surface area contributed by atoms with Gasteiger partial charge in [-0.1, -0.05) is 0 Å². The number of benzene rings is 1. The van der Waals surface area contributed by atoms with E-state index >= 15 is 0 Å². The molecule has 0 spiro atoms. The number of amides is 1. The Morgan fingerprint density at radius 2 is 2.04 bits per heavy atom. The lowest BCUT2D eigenvalue weighted by Crippen LogP contribution is -2.34. The summed E-state index contributed by atoms with van der Waals surface area (Å²) in [7, 11) is 0. The first-order valence-electron chi connectivity index (χ1n) is 7.74. The zero-order chi connectivity index (χ0) is 18.8. The molecule has 0 radical (unpaired) electrons. The van der Waals surface area contributed by atoms with E-state index < -0.39 is 37.1 Å². The number of anilines is 2. The average Bonchev–Trinajstić information content (AvgIpc) is 3.17. The minimum atomic E-state index is -1.40. The molecular weight excluding hydrogens is 362 g/mol. The van der Waals surface area contributed by atoms with E-state index in [1.165, 1.54) is 0 Å². The Hall–Kier alpha value is -2.18. The number of nitrogens with one attached hydrogen (secondary N) is 1. The van der Waals surface area contributed by atoms with Gasteiger partial charge in [0.25, 0.3) is 5.91 Å². The second kappa shape index (κ2) is 7.60. The van der Waals surface area contributed by atoms with Gasteiger partial charge in [-0.3, -0.25) is 4.79 Å². The number of nitrogens with zero attached hydrogens (tertiary/aromatic N) is 3. The van der Waals surface area contributed by atoms with Gasteiger partial charge in [-0.2, -0.15) is 4.98 Å². The Morgan fingerprint density at radius 1 is 1.35 bits per heavy atom. The lowest BCUT2D eigenvalue weighted by Gasteiger charge is -2.15. The molecule has 0 saturated carbocycles. The quantitative estimate of drug-likeness (QED) is 0.414.